The van der Waals surface area contributed by atoms with Gasteiger partial charge in [-0.25, -0.2) is 4.39 Å². The van der Waals surface area contributed by atoms with Gasteiger partial charge in [-0.15, -0.1) is 0 Å². The number of halogens is 1. The first-order chi connectivity index (χ1) is 11.2. The highest BCUT2D eigenvalue weighted by Gasteiger charge is 2.15. The summed E-state index contributed by atoms with van der Waals surface area (Å²) in [5.74, 6) is -0.487. The topological polar surface area (TPSA) is 41.6 Å². The van der Waals surface area contributed by atoms with E-state index in [9.17, 15) is 9.18 Å². The molecule has 0 unspecified atom stereocenters. The number of benzene rings is 2. The minimum absolute atomic E-state index is 0.158. The minimum Gasteiger partial charge on any atom is -0.378 e. The van der Waals surface area contributed by atoms with Gasteiger partial charge in [0.15, 0.2) is 0 Å². The minimum atomic E-state index is -0.329. The van der Waals surface area contributed by atoms with Gasteiger partial charge in [-0.1, -0.05) is 30.3 Å². The second-order valence-corrected chi connectivity index (χ2v) is 5.48. The summed E-state index contributed by atoms with van der Waals surface area (Å²) in [6, 6.07) is 14.3. The average molecular weight is 314 g/mol. The Balaban J connectivity index is 1.64. The number of rotatable bonds is 4. The van der Waals surface area contributed by atoms with Gasteiger partial charge in [0.1, 0.15) is 5.82 Å². The van der Waals surface area contributed by atoms with Gasteiger partial charge >= 0.3 is 0 Å². The van der Waals surface area contributed by atoms with Crippen molar-refractivity contribution in [3.05, 3.63) is 59.9 Å². The monoisotopic (exact) mass is 314 g/mol. The molecule has 4 nitrogen and oxygen atoms in total. The van der Waals surface area contributed by atoms with Crippen LogP contribution in [0.5, 0.6) is 0 Å². The third-order valence-electron chi connectivity index (χ3n) is 3.79. The molecule has 5 heteroatoms. The zero-order valence-electron chi connectivity index (χ0n) is 12.8. The molecule has 120 valence electrons. The highest BCUT2D eigenvalue weighted by Crippen LogP contribution is 2.23. The van der Waals surface area contributed by atoms with Crippen LogP contribution in [0, 0.1) is 5.82 Å². The lowest BCUT2D eigenvalue weighted by Crippen LogP contribution is -2.36. The summed E-state index contributed by atoms with van der Waals surface area (Å²) in [4.78, 5) is 14.0. The molecule has 2 aromatic carbocycles. The number of nitrogens with zero attached hydrogens (tertiary/aromatic N) is 1. The molecule has 0 saturated carbocycles. The van der Waals surface area contributed by atoms with Crippen LogP contribution in [0.25, 0.3) is 0 Å². The number of ether oxygens (including phenoxy) is 1. The van der Waals surface area contributed by atoms with Crippen molar-refractivity contribution in [3.63, 3.8) is 0 Å². The van der Waals surface area contributed by atoms with Crippen molar-refractivity contribution in [2.75, 3.05) is 36.5 Å². The quantitative estimate of drug-likeness (QED) is 0.943. The van der Waals surface area contributed by atoms with Crippen molar-refractivity contribution in [2.45, 2.75) is 6.42 Å². The molecule has 1 saturated heterocycles. The fraction of sp³-hybridized carbons (Fsp3) is 0.278. The van der Waals surface area contributed by atoms with Crippen molar-refractivity contribution in [2.24, 2.45) is 0 Å². The Kier molecular flexibility index (Phi) is 4.88. The summed E-state index contributed by atoms with van der Waals surface area (Å²) in [6.45, 7) is 2.57. The van der Waals surface area contributed by atoms with Gasteiger partial charge in [0.25, 0.3) is 0 Å². The predicted octanol–water partition coefficient (Wildman–Crippen LogP) is 2.84. The summed E-state index contributed by atoms with van der Waals surface area (Å²) in [5, 5.41) is 2.74. The van der Waals surface area contributed by atoms with Crippen LogP contribution in [0.15, 0.2) is 48.5 Å². The largest absolute Gasteiger partial charge is 0.378 e. The number of hydrogen-bond donors (Lipinski definition) is 1. The van der Waals surface area contributed by atoms with E-state index in [4.69, 9.17) is 4.74 Å². The Hall–Kier alpha value is -2.40. The van der Waals surface area contributed by atoms with Gasteiger partial charge < -0.3 is 15.0 Å². The zero-order chi connectivity index (χ0) is 16.1. The van der Waals surface area contributed by atoms with Crippen molar-refractivity contribution in [1.29, 1.82) is 0 Å². The molecule has 23 heavy (non-hydrogen) atoms. The van der Waals surface area contributed by atoms with Gasteiger partial charge in [-0.05, 0) is 23.8 Å². The maximum Gasteiger partial charge on any atom is 0.228 e. The molecule has 1 N–H and O–H groups in total. The third kappa shape index (κ3) is 4.07. The summed E-state index contributed by atoms with van der Waals surface area (Å²) < 4.78 is 19.6. The number of carbonyl (C=O) groups excluding carboxylic acids is 1. The Morgan fingerprint density at radius 1 is 1.13 bits per heavy atom. The summed E-state index contributed by atoms with van der Waals surface area (Å²) in [6.07, 6.45) is 0.272. The molecule has 0 bridgehead atoms. The summed E-state index contributed by atoms with van der Waals surface area (Å²) in [7, 11) is 0. The van der Waals surface area contributed by atoms with Crippen LogP contribution >= 0.6 is 0 Å². The van der Waals surface area contributed by atoms with E-state index in [0.29, 0.717) is 37.7 Å². The van der Waals surface area contributed by atoms with E-state index in [1.807, 2.05) is 35.2 Å². The number of amides is 1. The first kappa shape index (κ1) is 15.5. The van der Waals surface area contributed by atoms with E-state index in [0.717, 1.165) is 5.56 Å². The molecule has 2 aromatic rings. The lowest BCUT2D eigenvalue weighted by Gasteiger charge is -2.29. The molecule has 0 radical (unpaired) electrons. The lowest BCUT2D eigenvalue weighted by molar-refractivity contribution is -0.115. The lowest BCUT2D eigenvalue weighted by atomic mass is 10.1. The van der Waals surface area contributed by atoms with Crippen molar-refractivity contribution in [1.82, 2.24) is 0 Å². The molecule has 1 aliphatic heterocycles. The molecule has 0 atom stereocenters. The number of morpholine rings is 1. The van der Waals surface area contributed by atoms with Crippen molar-refractivity contribution >= 4 is 17.3 Å². The van der Waals surface area contributed by atoms with E-state index >= 15 is 0 Å². The molecule has 1 amide bonds. The van der Waals surface area contributed by atoms with Gasteiger partial charge in [0.05, 0.1) is 25.3 Å². The average Bonchev–Trinajstić information content (AvgIpc) is 2.56. The molecular weight excluding hydrogens is 295 g/mol. The predicted molar refractivity (Wildman–Crippen MR) is 88.2 cm³/mol. The van der Waals surface area contributed by atoms with Crippen molar-refractivity contribution in [3.8, 4) is 0 Å². The molecule has 1 fully saturated rings. The third-order valence-corrected chi connectivity index (χ3v) is 3.79. The molecule has 0 aliphatic carbocycles. The normalized spacial score (nSPS) is 14.6. The van der Waals surface area contributed by atoms with Gasteiger partial charge in [-0.2, -0.15) is 0 Å². The van der Waals surface area contributed by atoms with E-state index in [1.54, 1.807) is 12.1 Å². The SMILES string of the molecule is O=C(Cc1ccccc1)Nc1ccc(N2CCOCC2)c(F)c1. The van der Waals surface area contributed by atoms with Gasteiger partial charge in [0.2, 0.25) is 5.91 Å². The van der Waals surface area contributed by atoms with Crippen LogP contribution in [0.2, 0.25) is 0 Å². The van der Waals surface area contributed by atoms with E-state index in [-0.39, 0.29) is 18.1 Å². The summed E-state index contributed by atoms with van der Waals surface area (Å²) in [5.41, 5.74) is 1.95. The maximum absolute atomic E-state index is 14.3. The molecule has 1 aliphatic rings. The zero-order valence-corrected chi connectivity index (χ0v) is 12.8. The van der Waals surface area contributed by atoms with Crippen LogP contribution in [0.4, 0.5) is 15.8 Å². The number of hydrogen-bond acceptors (Lipinski definition) is 3. The molecular formula is C18H19FN2O2. The van der Waals surface area contributed by atoms with E-state index < -0.39 is 0 Å². The first-order valence-electron chi connectivity index (χ1n) is 7.68. The Labute approximate surface area is 134 Å². The van der Waals surface area contributed by atoms with Crippen LogP contribution in [0.1, 0.15) is 5.56 Å². The van der Waals surface area contributed by atoms with E-state index in [2.05, 4.69) is 5.32 Å². The molecule has 0 spiro atoms. The van der Waals surface area contributed by atoms with Crippen LogP contribution in [-0.2, 0) is 16.0 Å². The fourth-order valence-electron chi connectivity index (χ4n) is 2.63. The van der Waals surface area contributed by atoms with Gasteiger partial charge in [0, 0.05) is 18.8 Å². The smallest absolute Gasteiger partial charge is 0.228 e. The van der Waals surface area contributed by atoms with E-state index in [1.165, 1.54) is 6.07 Å². The highest BCUT2D eigenvalue weighted by molar-refractivity contribution is 5.92. The Bertz CT molecular complexity index is 670. The summed E-state index contributed by atoms with van der Waals surface area (Å²) >= 11 is 0. The standard InChI is InChI=1S/C18H19FN2O2/c19-16-13-15(6-7-17(16)21-8-10-23-11-9-21)20-18(22)12-14-4-2-1-3-5-14/h1-7,13H,8-12H2,(H,20,22). The second-order valence-electron chi connectivity index (χ2n) is 5.48. The Morgan fingerprint density at radius 3 is 2.57 bits per heavy atom. The van der Waals surface area contributed by atoms with Crippen LogP contribution in [0.3, 0.4) is 0 Å². The van der Waals surface area contributed by atoms with Crippen LogP contribution in [-0.4, -0.2) is 32.2 Å². The number of anilines is 2. The molecule has 1 heterocycles. The Morgan fingerprint density at radius 2 is 1.87 bits per heavy atom. The number of carbonyl (C=O) groups is 1. The molecule has 0 aromatic heterocycles. The second kappa shape index (κ2) is 7.24. The van der Waals surface area contributed by atoms with Crippen LogP contribution < -0.4 is 10.2 Å². The maximum atomic E-state index is 14.3. The fourth-order valence-corrected chi connectivity index (χ4v) is 2.63. The first-order valence-corrected chi connectivity index (χ1v) is 7.68. The van der Waals surface area contributed by atoms with Crippen molar-refractivity contribution < 1.29 is 13.9 Å². The molecule has 3 rings (SSSR count). The number of nitrogens with one attached hydrogen (secondary N) is 1. The highest BCUT2D eigenvalue weighted by atomic mass is 19.1. The van der Waals surface area contributed by atoms with Gasteiger partial charge in [-0.3, -0.25) is 4.79 Å².